The third-order valence-electron chi connectivity index (χ3n) is 5.46. The third kappa shape index (κ3) is 3.22. The Morgan fingerprint density at radius 2 is 1.81 bits per heavy atom. The van der Waals surface area contributed by atoms with Crippen LogP contribution in [0.4, 0.5) is 10.1 Å². The monoisotopic (exact) mass is 427 g/mol. The van der Waals surface area contributed by atoms with Crippen molar-refractivity contribution in [2.24, 2.45) is 4.99 Å². The van der Waals surface area contributed by atoms with Crippen LogP contribution in [-0.2, 0) is 4.79 Å². The molecule has 0 bridgehead atoms. The van der Waals surface area contributed by atoms with Crippen LogP contribution in [0.5, 0.6) is 0 Å². The van der Waals surface area contributed by atoms with E-state index >= 15 is 0 Å². The molecule has 0 aliphatic carbocycles. The van der Waals surface area contributed by atoms with Crippen molar-refractivity contribution in [1.82, 2.24) is 15.3 Å². The minimum absolute atomic E-state index is 0.247. The number of pyridine rings is 1. The summed E-state index contributed by atoms with van der Waals surface area (Å²) < 4.78 is 14.7. The number of anilines is 1. The lowest BCUT2D eigenvalue weighted by Gasteiger charge is -2.21. The van der Waals surface area contributed by atoms with Crippen LogP contribution in [-0.4, -0.2) is 40.7 Å². The van der Waals surface area contributed by atoms with Crippen LogP contribution < -0.4 is 10.2 Å². The van der Waals surface area contributed by atoms with Crippen LogP contribution in [0.1, 0.15) is 21.5 Å². The number of H-pyrrole nitrogens is 1. The van der Waals surface area contributed by atoms with Gasteiger partial charge in [0.15, 0.2) is 0 Å². The molecule has 0 spiro atoms. The Kier molecular flexibility index (Phi) is 4.74. The molecule has 2 amide bonds. The van der Waals surface area contributed by atoms with E-state index in [2.05, 4.69) is 20.3 Å². The molecule has 0 saturated carbocycles. The molecule has 32 heavy (non-hydrogen) atoms. The highest BCUT2D eigenvalue weighted by molar-refractivity contribution is 6.20. The summed E-state index contributed by atoms with van der Waals surface area (Å²) in [6, 6.07) is 15.1. The Bertz CT molecular complexity index is 1390. The maximum atomic E-state index is 14.7. The van der Waals surface area contributed by atoms with Gasteiger partial charge in [0.1, 0.15) is 5.82 Å². The molecule has 4 aromatic rings. The lowest BCUT2D eigenvalue weighted by atomic mass is 10.00. The maximum Gasteiger partial charge on any atom is 0.272 e. The Balaban J connectivity index is 1.61. The lowest BCUT2D eigenvalue weighted by molar-refractivity contribution is -0.119. The first-order valence-corrected chi connectivity index (χ1v) is 9.96. The Morgan fingerprint density at radius 3 is 2.62 bits per heavy atom. The number of likely N-dealkylation sites (N-methyl/N-ethyl adjacent to an activating group) is 1. The van der Waals surface area contributed by atoms with Crippen LogP contribution in [0.15, 0.2) is 78.2 Å². The van der Waals surface area contributed by atoms with Crippen LogP contribution in [0.25, 0.3) is 10.9 Å². The van der Waals surface area contributed by atoms with E-state index in [-0.39, 0.29) is 5.56 Å². The van der Waals surface area contributed by atoms with Crippen molar-refractivity contribution in [3.63, 3.8) is 0 Å². The Hall–Kier alpha value is -4.33. The number of hydrogen-bond donors (Lipinski definition) is 2. The van der Waals surface area contributed by atoms with Gasteiger partial charge in [0.2, 0.25) is 6.17 Å². The molecule has 0 saturated heterocycles. The summed E-state index contributed by atoms with van der Waals surface area (Å²) in [5.41, 5.74) is 2.72. The number of benzodiazepines with no additional fused rings is 1. The zero-order valence-electron chi connectivity index (χ0n) is 17.0. The predicted octanol–water partition coefficient (Wildman–Crippen LogP) is 3.27. The SMILES string of the molecule is CN1C(=O)C(NC(=O)c2cncc3[nH]ccc23)N=C(c2ccccc2F)c2ccccc21. The number of amides is 2. The molecule has 1 aliphatic heterocycles. The lowest BCUT2D eigenvalue weighted by Crippen LogP contribution is -2.46. The smallest absolute Gasteiger partial charge is 0.272 e. The minimum atomic E-state index is -1.25. The van der Waals surface area contributed by atoms with Gasteiger partial charge in [-0.2, -0.15) is 0 Å². The third-order valence-corrected chi connectivity index (χ3v) is 5.46. The fourth-order valence-electron chi connectivity index (χ4n) is 3.85. The molecule has 2 aromatic carbocycles. The summed E-state index contributed by atoms with van der Waals surface area (Å²) in [6.45, 7) is 0. The Labute approximate surface area is 182 Å². The average Bonchev–Trinajstić information content (AvgIpc) is 3.27. The molecular weight excluding hydrogens is 409 g/mol. The van der Waals surface area contributed by atoms with E-state index < -0.39 is 23.8 Å². The number of benzene rings is 2. The zero-order valence-corrected chi connectivity index (χ0v) is 17.0. The first-order valence-electron chi connectivity index (χ1n) is 9.96. The van der Waals surface area contributed by atoms with Crippen LogP contribution in [0.2, 0.25) is 0 Å². The minimum Gasteiger partial charge on any atom is -0.360 e. The molecule has 2 aromatic heterocycles. The standard InChI is InChI=1S/C24H18FN5O2/c1-30-20-9-5-3-7-16(20)21(15-6-2-4-8-18(15)25)28-22(24(30)32)29-23(31)17-12-26-13-19-14(17)10-11-27-19/h2-13,22,27H,1H3,(H,29,31). The van der Waals surface area contributed by atoms with Crippen molar-refractivity contribution in [2.75, 3.05) is 11.9 Å². The number of aliphatic imine (C=N–C) groups is 1. The van der Waals surface area contributed by atoms with Crippen molar-refractivity contribution < 1.29 is 14.0 Å². The molecule has 1 unspecified atom stereocenters. The van der Waals surface area contributed by atoms with Gasteiger partial charge in [0.05, 0.1) is 28.7 Å². The number of carbonyl (C=O) groups is 2. The second kappa shape index (κ2) is 7.73. The topological polar surface area (TPSA) is 90.5 Å². The molecule has 2 N–H and O–H groups in total. The van der Waals surface area contributed by atoms with Gasteiger partial charge in [-0.05, 0) is 24.3 Å². The number of hydrogen-bond acceptors (Lipinski definition) is 4. The zero-order chi connectivity index (χ0) is 22.2. The average molecular weight is 427 g/mol. The summed E-state index contributed by atoms with van der Waals surface area (Å²) in [5.74, 6) is -1.41. The number of nitrogens with one attached hydrogen (secondary N) is 2. The highest BCUT2D eigenvalue weighted by atomic mass is 19.1. The molecule has 1 atom stereocenters. The first-order chi connectivity index (χ1) is 15.5. The first kappa shape index (κ1) is 19.6. The van der Waals surface area contributed by atoms with Gasteiger partial charge in [-0.25, -0.2) is 9.38 Å². The molecule has 5 rings (SSSR count). The van der Waals surface area contributed by atoms with E-state index in [1.54, 1.807) is 68.0 Å². The van der Waals surface area contributed by atoms with Gasteiger partial charge < -0.3 is 15.2 Å². The van der Waals surface area contributed by atoms with Gasteiger partial charge in [0.25, 0.3) is 11.8 Å². The molecule has 0 radical (unpaired) electrons. The largest absolute Gasteiger partial charge is 0.360 e. The molecule has 3 heterocycles. The fourth-order valence-corrected chi connectivity index (χ4v) is 3.85. The van der Waals surface area contributed by atoms with Crippen LogP contribution in [0, 0.1) is 5.82 Å². The number of carbonyl (C=O) groups excluding carboxylic acids is 2. The molecular formula is C24H18FN5O2. The molecule has 8 heteroatoms. The van der Waals surface area contributed by atoms with Gasteiger partial charge in [-0.15, -0.1) is 0 Å². The van der Waals surface area contributed by atoms with Crippen molar-refractivity contribution in [3.8, 4) is 0 Å². The second-order valence-corrected chi connectivity index (χ2v) is 7.37. The van der Waals surface area contributed by atoms with Crippen molar-refractivity contribution >= 4 is 34.1 Å². The van der Waals surface area contributed by atoms with Gasteiger partial charge >= 0.3 is 0 Å². The van der Waals surface area contributed by atoms with E-state index in [1.807, 2.05) is 0 Å². The second-order valence-electron chi connectivity index (χ2n) is 7.37. The summed E-state index contributed by atoms with van der Waals surface area (Å²) in [7, 11) is 1.61. The van der Waals surface area contributed by atoms with E-state index in [0.29, 0.717) is 33.4 Å². The summed E-state index contributed by atoms with van der Waals surface area (Å²) in [5, 5.41) is 3.37. The van der Waals surface area contributed by atoms with Gasteiger partial charge in [0, 0.05) is 36.0 Å². The van der Waals surface area contributed by atoms with Crippen molar-refractivity contribution in [1.29, 1.82) is 0 Å². The molecule has 1 aliphatic rings. The number of nitrogens with zero attached hydrogens (tertiary/aromatic N) is 3. The number of aromatic amines is 1. The molecule has 0 fully saturated rings. The van der Waals surface area contributed by atoms with Gasteiger partial charge in [-0.1, -0.05) is 30.3 Å². The number of fused-ring (bicyclic) bond motifs is 2. The number of para-hydroxylation sites is 1. The Morgan fingerprint density at radius 1 is 1.06 bits per heavy atom. The van der Waals surface area contributed by atoms with Crippen molar-refractivity contribution in [3.05, 3.63) is 95.7 Å². The molecule has 7 nitrogen and oxygen atoms in total. The molecule has 158 valence electrons. The predicted molar refractivity (Wildman–Crippen MR) is 119 cm³/mol. The number of aromatic nitrogens is 2. The number of halogens is 1. The summed E-state index contributed by atoms with van der Waals surface area (Å²) in [4.78, 5) is 39.4. The van der Waals surface area contributed by atoms with Crippen LogP contribution in [0.3, 0.4) is 0 Å². The summed E-state index contributed by atoms with van der Waals surface area (Å²) in [6.07, 6.45) is 3.51. The number of rotatable bonds is 3. The fraction of sp³-hybridized carbons (Fsp3) is 0.0833. The van der Waals surface area contributed by atoms with Gasteiger partial charge in [-0.3, -0.25) is 14.6 Å². The maximum absolute atomic E-state index is 14.7. The van der Waals surface area contributed by atoms with E-state index in [1.165, 1.54) is 17.2 Å². The van der Waals surface area contributed by atoms with E-state index in [4.69, 9.17) is 0 Å². The van der Waals surface area contributed by atoms with E-state index in [0.717, 1.165) is 0 Å². The van der Waals surface area contributed by atoms with Crippen molar-refractivity contribution in [2.45, 2.75) is 6.17 Å². The van der Waals surface area contributed by atoms with Crippen LogP contribution >= 0.6 is 0 Å². The van der Waals surface area contributed by atoms with E-state index in [9.17, 15) is 14.0 Å². The highest BCUT2D eigenvalue weighted by Gasteiger charge is 2.32. The normalized spacial score (nSPS) is 15.8. The quantitative estimate of drug-likeness (QED) is 0.526. The highest BCUT2D eigenvalue weighted by Crippen LogP contribution is 2.28. The summed E-state index contributed by atoms with van der Waals surface area (Å²) >= 11 is 0.